The molecule has 1 amide bonds. The average molecular weight is 285 g/mol. The minimum atomic E-state index is -1.02. The fraction of sp³-hybridized carbons (Fsp3) is 0.538. The molecule has 0 aliphatic rings. The summed E-state index contributed by atoms with van der Waals surface area (Å²) in [4.78, 5) is 25.4. The van der Waals surface area contributed by atoms with Crippen molar-refractivity contribution in [2.24, 2.45) is 0 Å². The van der Waals surface area contributed by atoms with Crippen molar-refractivity contribution < 1.29 is 19.4 Å². The number of thiophene rings is 1. The van der Waals surface area contributed by atoms with Crippen LogP contribution in [0.25, 0.3) is 0 Å². The maximum Gasteiger partial charge on any atom is 0.349 e. The summed E-state index contributed by atoms with van der Waals surface area (Å²) in [7, 11) is 1.68. The van der Waals surface area contributed by atoms with Gasteiger partial charge in [-0.3, -0.25) is 4.79 Å². The van der Waals surface area contributed by atoms with E-state index in [2.05, 4.69) is 0 Å². The Morgan fingerprint density at radius 1 is 1.47 bits per heavy atom. The number of hydrogen-bond acceptors (Lipinski definition) is 4. The van der Waals surface area contributed by atoms with E-state index in [1.165, 1.54) is 16.2 Å². The summed E-state index contributed by atoms with van der Waals surface area (Å²) >= 11 is 1.19. The van der Waals surface area contributed by atoms with Gasteiger partial charge in [-0.25, -0.2) is 4.79 Å². The first-order chi connectivity index (χ1) is 8.86. The highest BCUT2D eigenvalue weighted by Crippen LogP contribution is 2.33. The molecule has 1 aromatic rings. The molecule has 0 saturated carbocycles. The second-order valence-electron chi connectivity index (χ2n) is 4.50. The number of rotatable bonds is 6. The van der Waals surface area contributed by atoms with Gasteiger partial charge in [-0.05, 0) is 18.9 Å². The van der Waals surface area contributed by atoms with Crippen LogP contribution in [0.1, 0.15) is 41.2 Å². The molecule has 0 atom stereocenters. The standard InChI is InChI=1S/C13H19NO4S/c1-5-14(4)11(15)7-18-9-6-10(8(2)3)19-12(9)13(16)17/h6,8H,5,7H2,1-4H3,(H,16,17). The lowest BCUT2D eigenvalue weighted by atomic mass is 10.2. The van der Waals surface area contributed by atoms with E-state index >= 15 is 0 Å². The van der Waals surface area contributed by atoms with Crippen LogP contribution in [-0.4, -0.2) is 42.1 Å². The van der Waals surface area contributed by atoms with E-state index < -0.39 is 5.97 Å². The van der Waals surface area contributed by atoms with Crippen molar-refractivity contribution in [1.82, 2.24) is 4.90 Å². The molecule has 0 radical (unpaired) electrons. The molecule has 1 heterocycles. The lowest BCUT2D eigenvalue weighted by Gasteiger charge is -2.14. The van der Waals surface area contributed by atoms with Gasteiger partial charge in [0.1, 0.15) is 5.75 Å². The average Bonchev–Trinajstić information content (AvgIpc) is 2.79. The number of carboxylic acids is 1. The van der Waals surface area contributed by atoms with E-state index in [0.29, 0.717) is 6.54 Å². The van der Waals surface area contributed by atoms with Crippen LogP contribution in [0.2, 0.25) is 0 Å². The van der Waals surface area contributed by atoms with Crippen molar-refractivity contribution in [3.63, 3.8) is 0 Å². The predicted octanol–water partition coefficient (Wildman–Crippen LogP) is 2.43. The van der Waals surface area contributed by atoms with Gasteiger partial charge in [0.05, 0.1) is 0 Å². The molecule has 0 aromatic carbocycles. The summed E-state index contributed by atoms with van der Waals surface area (Å²) < 4.78 is 5.35. The largest absolute Gasteiger partial charge is 0.482 e. The number of likely N-dealkylation sites (N-methyl/N-ethyl adjacent to an activating group) is 1. The number of ether oxygens (including phenoxy) is 1. The Hall–Kier alpha value is -1.56. The summed E-state index contributed by atoms with van der Waals surface area (Å²) in [5.74, 6) is -0.687. The zero-order valence-electron chi connectivity index (χ0n) is 11.6. The zero-order valence-corrected chi connectivity index (χ0v) is 12.4. The molecule has 1 aromatic heterocycles. The molecular formula is C13H19NO4S. The molecule has 19 heavy (non-hydrogen) atoms. The Kier molecular flexibility index (Phi) is 5.35. The molecule has 0 saturated heterocycles. The number of carboxylic acid groups (broad SMARTS) is 1. The van der Waals surface area contributed by atoms with Crippen LogP contribution in [0.4, 0.5) is 0 Å². The third-order valence-electron chi connectivity index (χ3n) is 2.73. The van der Waals surface area contributed by atoms with Crippen molar-refractivity contribution in [3.05, 3.63) is 15.8 Å². The highest BCUT2D eigenvalue weighted by Gasteiger charge is 2.19. The lowest BCUT2D eigenvalue weighted by Crippen LogP contribution is -2.31. The van der Waals surface area contributed by atoms with Crippen LogP contribution in [0.15, 0.2) is 6.07 Å². The van der Waals surface area contributed by atoms with Gasteiger partial charge in [0.25, 0.3) is 5.91 Å². The van der Waals surface area contributed by atoms with Crippen molar-refractivity contribution in [1.29, 1.82) is 0 Å². The van der Waals surface area contributed by atoms with Crippen molar-refractivity contribution >= 4 is 23.2 Å². The minimum Gasteiger partial charge on any atom is -0.482 e. The van der Waals surface area contributed by atoms with E-state index in [4.69, 9.17) is 9.84 Å². The molecule has 0 fully saturated rings. The van der Waals surface area contributed by atoms with Gasteiger partial charge in [-0.1, -0.05) is 13.8 Å². The summed E-state index contributed by atoms with van der Waals surface area (Å²) in [6, 6.07) is 1.71. The van der Waals surface area contributed by atoms with Crippen LogP contribution in [0.5, 0.6) is 5.75 Å². The van der Waals surface area contributed by atoms with Crippen LogP contribution < -0.4 is 4.74 Å². The first kappa shape index (κ1) is 15.5. The van der Waals surface area contributed by atoms with Crippen LogP contribution >= 0.6 is 11.3 Å². The Labute approximate surface area is 116 Å². The molecule has 0 spiro atoms. The Bertz CT molecular complexity index is 467. The maximum atomic E-state index is 11.6. The van der Waals surface area contributed by atoms with Crippen LogP contribution in [-0.2, 0) is 4.79 Å². The predicted molar refractivity (Wildman–Crippen MR) is 74.2 cm³/mol. The minimum absolute atomic E-state index is 0.140. The molecule has 1 N–H and O–H groups in total. The molecule has 0 bridgehead atoms. The highest BCUT2D eigenvalue weighted by molar-refractivity contribution is 7.14. The molecule has 6 heteroatoms. The van der Waals surface area contributed by atoms with E-state index in [1.807, 2.05) is 20.8 Å². The normalized spacial score (nSPS) is 10.6. The smallest absolute Gasteiger partial charge is 0.349 e. The third-order valence-corrected chi connectivity index (χ3v) is 4.14. The summed E-state index contributed by atoms with van der Waals surface area (Å²) in [6.45, 7) is 6.28. The van der Waals surface area contributed by atoms with E-state index in [-0.39, 0.29) is 29.1 Å². The number of carbonyl (C=O) groups is 2. The molecule has 5 nitrogen and oxygen atoms in total. The Morgan fingerprint density at radius 2 is 2.11 bits per heavy atom. The zero-order chi connectivity index (χ0) is 14.6. The number of carbonyl (C=O) groups excluding carboxylic acids is 1. The molecule has 0 unspecified atom stereocenters. The number of hydrogen-bond donors (Lipinski definition) is 1. The van der Waals surface area contributed by atoms with Crippen LogP contribution in [0, 0.1) is 0 Å². The fourth-order valence-corrected chi connectivity index (χ4v) is 2.30. The first-order valence-electron chi connectivity index (χ1n) is 6.10. The van der Waals surface area contributed by atoms with Crippen LogP contribution in [0.3, 0.4) is 0 Å². The second-order valence-corrected chi connectivity index (χ2v) is 5.58. The van der Waals surface area contributed by atoms with Gasteiger partial charge in [-0.15, -0.1) is 11.3 Å². The molecule has 1 rings (SSSR count). The Morgan fingerprint density at radius 3 is 2.58 bits per heavy atom. The van der Waals surface area contributed by atoms with Crippen molar-refractivity contribution in [2.75, 3.05) is 20.2 Å². The van der Waals surface area contributed by atoms with E-state index in [9.17, 15) is 9.59 Å². The molecule has 106 valence electrons. The van der Waals surface area contributed by atoms with Gasteiger partial charge in [-0.2, -0.15) is 0 Å². The first-order valence-corrected chi connectivity index (χ1v) is 6.92. The fourth-order valence-electron chi connectivity index (χ4n) is 1.36. The van der Waals surface area contributed by atoms with Gasteiger partial charge >= 0.3 is 5.97 Å². The SMILES string of the molecule is CCN(C)C(=O)COc1cc(C(C)C)sc1C(=O)O. The van der Waals surface area contributed by atoms with Gasteiger partial charge in [0, 0.05) is 18.5 Å². The van der Waals surface area contributed by atoms with Crippen molar-refractivity contribution in [2.45, 2.75) is 26.7 Å². The van der Waals surface area contributed by atoms with Gasteiger partial charge in [0.15, 0.2) is 11.5 Å². The lowest BCUT2D eigenvalue weighted by molar-refractivity contribution is -0.131. The number of aromatic carboxylic acids is 1. The molecule has 0 aliphatic carbocycles. The monoisotopic (exact) mass is 285 g/mol. The van der Waals surface area contributed by atoms with Gasteiger partial charge < -0.3 is 14.7 Å². The topological polar surface area (TPSA) is 66.8 Å². The van der Waals surface area contributed by atoms with E-state index in [0.717, 1.165) is 4.88 Å². The maximum absolute atomic E-state index is 11.6. The van der Waals surface area contributed by atoms with Crippen molar-refractivity contribution in [3.8, 4) is 5.75 Å². The van der Waals surface area contributed by atoms with Gasteiger partial charge in [0.2, 0.25) is 0 Å². The second kappa shape index (κ2) is 6.56. The quantitative estimate of drug-likeness (QED) is 0.871. The summed E-state index contributed by atoms with van der Waals surface area (Å²) in [5, 5.41) is 9.12. The molecular weight excluding hydrogens is 266 g/mol. The summed E-state index contributed by atoms with van der Waals surface area (Å²) in [6.07, 6.45) is 0. The van der Waals surface area contributed by atoms with E-state index in [1.54, 1.807) is 13.1 Å². The summed E-state index contributed by atoms with van der Waals surface area (Å²) in [5.41, 5.74) is 0. The third kappa shape index (κ3) is 3.96. The number of nitrogens with zero attached hydrogens (tertiary/aromatic N) is 1. The molecule has 0 aliphatic heterocycles. The number of amides is 1. The highest BCUT2D eigenvalue weighted by atomic mass is 32.1. The Balaban J connectivity index is 2.82.